The van der Waals surface area contributed by atoms with Crippen molar-refractivity contribution in [2.75, 3.05) is 24.2 Å². The van der Waals surface area contributed by atoms with E-state index >= 15 is 0 Å². The minimum Gasteiger partial charge on any atom is -0.494 e. The van der Waals surface area contributed by atoms with Crippen molar-refractivity contribution in [3.63, 3.8) is 0 Å². The number of carbonyl (C=O) groups is 2. The van der Waals surface area contributed by atoms with E-state index in [1.54, 1.807) is 12.1 Å². The van der Waals surface area contributed by atoms with Crippen LogP contribution in [0.3, 0.4) is 0 Å². The number of hydrogen-bond acceptors (Lipinski definition) is 7. The van der Waals surface area contributed by atoms with E-state index in [0.717, 1.165) is 5.56 Å². The molecule has 10 heteroatoms. The number of benzene rings is 2. The summed E-state index contributed by atoms with van der Waals surface area (Å²) < 4.78 is 31.0. The van der Waals surface area contributed by atoms with Gasteiger partial charge in [-0.25, -0.2) is 8.42 Å². The molecule has 0 aliphatic carbocycles. The van der Waals surface area contributed by atoms with Gasteiger partial charge in [-0.1, -0.05) is 17.7 Å². The quantitative estimate of drug-likeness (QED) is 0.548. The van der Waals surface area contributed by atoms with E-state index < -0.39 is 26.5 Å². The van der Waals surface area contributed by atoms with Crippen LogP contribution in [0.5, 0.6) is 5.75 Å². The van der Waals surface area contributed by atoms with Gasteiger partial charge in [0.1, 0.15) is 11.2 Å². The number of amides is 2. The summed E-state index contributed by atoms with van der Waals surface area (Å²) >= 11 is 1.18. The Morgan fingerprint density at radius 1 is 1.16 bits per heavy atom. The molecule has 3 rings (SSSR count). The molecule has 1 fully saturated rings. The highest BCUT2D eigenvalue weighted by molar-refractivity contribution is 8.00. The molecule has 8 nitrogen and oxygen atoms in total. The van der Waals surface area contributed by atoms with Crippen LogP contribution in [0.1, 0.15) is 12.5 Å². The second-order valence-electron chi connectivity index (χ2n) is 6.96. The second kappa shape index (κ2) is 10.2. The van der Waals surface area contributed by atoms with Gasteiger partial charge in [0.25, 0.3) is 0 Å². The SMILES string of the molecule is CCOc1ccc(S(=O)(=O)C2CNC(SCC(=O)Nc3ccc(C)cc3)NC2=O)cc1. The molecule has 2 aromatic rings. The zero-order valence-electron chi connectivity index (χ0n) is 17.3. The largest absolute Gasteiger partial charge is 0.494 e. The Morgan fingerprint density at radius 2 is 1.84 bits per heavy atom. The molecular formula is C21H25N3O5S2. The number of sulfone groups is 1. The molecule has 1 aliphatic heterocycles. The van der Waals surface area contributed by atoms with E-state index in [-0.39, 0.29) is 23.1 Å². The van der Waals surface area contributed by atoms with Gasteiger partial charge in [0.2, 0.25) is 11.8 Å². The fourth-order valence-electron chi connectivity index (χ4n) is 2.98. The molecule has 0 bridgehead atoms. The Hall–Kier alpha value is -2.56. The molecule has 31 heavy (non-hydrogen) atoms. The zero-order valence-corrected chi connectivity index (χ0v) is 18.9. The lowest BCUT2D eigenvalue weighted by Gasteiger charge is -2.29. The van der Waals surface area contributed by atoms with Gasteiger partial charge in [0.15, 0.2) is 15.1 Å². The number of rotatable bonds is 8. The van der Waals surface area contributed by atoms with Gasteiger partial charge in [-0.05, 0) is 50.2 Å². The number of carbonyl (C=O) groups excluding carboxylic acids is 2. The average molecular weight is 464 g/mol. The van der Waals surface area contributed by atoms with Crippen LogP contribution in [0, 0.1) is 6.92 Å². The van der Waals surface area contributed by atoms with E-state index in [1.165, 1.54) is 23.9 Å². The minimum absolute atomic E-state index is 0.0430. The van der Waals surface area contributed by atoms with Crippen molar-refractivity contribution in [3.05, 3.63) is 54.1 Å². The highest BCUT2D eigenvalue weighted by Gasteiger charge is 2.38. The maximum absolute atomic E-state index is 12.9. The van der Waals surface area contributed by atoms with Crippen LogP contribution in [0.2, 0.25) is 0 Å². The first-order valence-electron chi connectivity index (χ1n) is 9.78. The van der Waals surface area contributed by atoms with Crippen LogP contribution < -0.4 is 20.7 Å². The topological polar surface area (TPSA) is 114 Å². The molecule has 0 radical (unpaired) electrons. The van der Waals surface area contributed by atoms with Gasteiger partial charge in [-0.15, -0.1) is 11.8 Å². The first kappa shape index (κ1) is 23.1. The van der Waals surface area contributed by atoms with Crippen molar-refractivity contribution in [2.45, 2.75) is 29.5 Å². The van der Waals surface area contributed by atoms with Crippen LogP contribution in [-0.4, -0.2) is 49.9 Å². The fourth-order valence-corrected chi connectivity index (χ4v) is 5.29. The first-order chi connectivity index (χ1) is 14.8. The number of thioether (sulfide) groups is 1. The lowest BCUT2D eigenvalue weighted by molar-refractivity contribution is -0.122. The highest BCUT2D eigenvalue weighted by Crippen LogP contribution is 2.22. The summed E-state index contributed by atoms with van der Waals surface area (Å²) in [5.74, 6) is -0.145. The Morgan fingerprint density at radius 3 is 2.45 bits per heavy atom. The van der Waals surface area contributed by atoms with Crippen molar-refractivity contribution in [2.24, 2.45) is 0 Å². The van der Waals surface area contributed by atoms with E-state index in [0.29, 0.717) is 18.0 Å². The monoisotopic (exact) mass is 463 g/mol. The normalized spacial score (nSPS) is 18.8. The molecule has 166 valence electrons. The summed E-state index contributed by atoms with van der Waals surface area (Å²) in [5, 5.41) is 7.15. The molecule has 0 saturated carbocycles. The molecule has 1 saturated heterocycles. The maximum atomic E-state index is 12.9. The summed E-state index contributed by atoms with van der Waals surface area (Å²) in [5.41, 5.74) is 1.23. The number of anilines is 1. The molecule has 3 N–H and O–H groups in total. The Balaban J connectivity index is 1.53. The summed E-state index contributed by atoms with van der Waals surface area (Å²) in [6.07, 6.45) is 0. The van der Waals surface area contributed by atoms with E-state index in [2.05, 4.69) is 16.0 Å². The molecule has 2 unspecified atom stereocenters. The molecule has 1 heterocycles. The molecule has 2 aromatic carbocycles. The summed E-state index contributed by atoms with van der Waals surface area (Å²) in [7, 11) is -3.86. The number of hydrogen-bond donors (Lipinski definition) is 3. The van der Waals surface area contributed by atoms with Crippen LogP contribution in [-0.2, 0) is 19.4 Å². The van der Waals surface area contributed by atoms with Crippen LogP contribution >= 0.6 is 11.8 Å². The molecule has 2 amide bonds. The van der Waals surface area contributed by atoms with E-state index in [9.17, 15) is 18.0 Å². The van der Waals surface area contributed by atoms with Crippen molar-refractivity contribution in [1.29, 1.82) is 0 Å². The van der Waals surface area contributed by atoms with Crippen LogP contribution in [0.15, 0.2) is 53.4 Å². The summed E-state index contributed by atoms with van der Waals surface area (Å²) in [6, 6.07) is 13.4. The van der Waals surface area contributed by atoms with Gasteiger partial charge in [0.05, 0.1) is 17.3 Å². The van der Waals surface area contributed by atoms with Crippen molar-refractivity contribution >= 4 is 39.1 Å². The Kier molecular flexibility index (Phi) is 7.58. The third-order valence-corrected chi connectivity index (χ3v) is 7.71. The Labute approximate surface area is 186 Å². The standard InChI is InChI=1S/C21H25N3O5S2/c1-3-29-16-8-10-17(11-9-16)31(27,28)18-12-22-21(24-20(18)26)30-13-19(25)23-15-6-4-14(2)5-7-15/h4-11,18,21-22H,3,12-13H2,1-2H3,(H,23,25)(H,24,26). The Bertz CT molecular complexity index is 1020. The lowest BCUT2D eigenvalue weighted by atomic mass is 10.2. The maximum Gasteiger partial charge on any atom is 0.241 e. The second-order valence-corrected chi connectivity index (χ2v) is 10.2. The predicted octanol–water partition coefficient (Wildman–Crippen LogP) is 1.91. The molecule has 1 aliphatic rings. The molecule has 0 spiro atoms. The van der Waals surface area contributed by atoms with Crippen molar-refractivity contribution < 1.29 is 22.7 Å². The average Bonchev–Trinajstić information content (AvgIpc) is 2.74. The zero-order chi connectivity index (χ0) is 22.4. The lowest BCUT2D eigenvalue weighted by Crippen LogP contribution is -2.59. The van der Waals surface area contributed by atoms with Gasteiger partial charge in [-0.2, -0.15) is 0 Å². The highest BCUT2D eigenvalue weighted by atomic mass is 32.2. The van der Waals surface area contributed by atoms with Crippen molar-refractivity contribution in [1.82, 2.24) is 10.6 Å². The molecular weight excluding hydrogens is 438 g/mol. The van der Waals surface area contributed by atoms with Gasteiger partial charge in [0, 0.05) is 12.2 Å². The predicted molar refractivity (Wildman–Crippen MR) is 121 cm³/mol. The van der Waals surface area contributed by atoms with Crippen LogP contribution in [0.4, 0.5) is 5.69 Å². The third-order valence-electron chi connectivity index (χ3n) is 4.61. The first-order valence-corrected chi connectivity index (χ1v) is 12.4. The summed E-state index contributed by atoms with van der Waals surface area (Å²) in [6.45, 7) is 4.23. The smallest absolute Gasteiger partial charge is 0.241 e. The summed E-state index contributed by atoms with van der Waals surface area (Å²) in [4.78, 5) is 24.7. The molecule has 2 atom stereocenters. The van der Waals surface area contributed by atoms with Gasteiger partial charge < -0.3 is 15.4 Å². The van der Waals surface area contributed by atoms with E-state index in [4.69, 9.17) is 4.74 Å². The fraction of sp³-hybridized carbons (Fsp3) is 0.333. The number of ether oxygens (including phenoxy) is 1. The van der Waals surface area contributed by atoms with Crippen LogP contribution in [0.25, 0.3) is 0 Å². The molecule has 0 aromatic heterocycles. The minimum atomic E-state index is -3.86. The number of aryl methyl sites for hydroxylation is 1. The third kappa shape index (κ3) is 5.99. The van der Waals surface area contributed by atoms with Crippen molar-refractivity contribution in [3.8, 4) is 5.75 Å². The van der Waals surface area contributed by atoms with Gasteiger partial charge in [-0.3, -0.25) is 14.9 Å². The van der Waals surface area contributed by atoms with Gasteiger partial charge >= 0.3 is 0 Å². The van der Waals surface area contributed by atoms with E-state index in [1.807, 2.05) is 38.1 Å². The number of nitrogens with one attached hydrogen (secondary N) is 3.